The van der Waals surface area contributed by atoms with Gasteiger partial charge in [0.15, 0.2) is 0 Å². The van der Waals surface area contributed by atoms with Gasteiger partial charge in [-0.2, -0.15) is 0 Å². The van der Waals surface area contributed by atoms with Crippen LogP contribution in [0.5, 0.6) is 0 Å². The summed E-state index contributed by atoms with van der Waals surface area (Å²) >= 11 is 0. The van der Waals surface area contributed by atoms with E-state index in [1.54, 1.807) is 0 Å². The molecule has 0 radical (unpaired) electrons. The summed E-state index contributed by atoms with van der Waals surface area (Å²) in [5.74, 6) is 1.72. The van der Waals surface area contributed by atoms with Crippen molar-refractivity contribution in [3.8, 4) is 0 Å². The molecule has 8 rings (SSSR count). The monoisotopic (exact) mass is 548 g/mol. The van der Waals surface area contributed by atoms with Gasteiger partial charge in [0.05, 0.1) is 12.2 Å². The second-order valence-corrected chi connectivity index (χ2v) is 19.0. The first-order valence-electron chi connectivity index (χ1n) is 16.1. The first-order chi connectivity index (χ1) is 18.0. The van der Waals surface area contributed by atoms with E-state index in [0.29, 0.717) is 17.8 Å². The van der Waals surface area contributed by atoms with Crippen molar-refractivity contribution in [2.45, 2.75) is 164 Å². The van der Waals surface area contributed by atoms with Crippen LogP contribution < -0.4 is 0 Å². The van der Waals surface area contributed by atoms with Crippen LogP contribution in [0.2, 0.25) is 12.1 Å². The van der Waals surface area contributed by atoms with Gasteiger partial charge in [-0.25, -0.2) is 0 Å². The molecule has 4 saturated heterocycles. The molecule has 4 heterocycles. The maximum Gasteiger partial charge on any atom is 0.502 e. The van der Waals surface area contributed by atoms with Crippen molar-refractivity contribution >= 4 is 17.6 Å². The molecule has 4 bridgehead atoms. The average Bonchev–Trinajstić information content (AvgIpc) is 3.52. The van der Waals surface area contributed by atoms with Gasteiger partial charge in [-0.15, -0.1) is 0 Å². The minimum Gasteiger partial charge on any atom is -0.367 e. The van der Waals surface area contributed by atoms with Crippen molar-refractivity contribution in [2.75, 3.05) is 0 Å². The molecule has 8 aliphatic rings. The second kappa shape index (κ2) is 8.14. The molecular weight excluding hydrogens is 500 g/mol. The van der Waals surface area contributed by atoms with Crippen molar-refractivity contribution in [1.29, 1.82) is 0 Å². The lowest BCUT2D eigenvalue weighted by Gasteiger charge is -2.88. The lowest BCUT2D eigenvalue weighted by Crippen LogP contribution is -3.04. The Morgan fingerprint density at radius 3 is 1.92 bits per heavy atom. The zero-order chi connectivity index (χ0) is 25.2. The Balaban J connectivity index is 1.03. The topological polar surface area (TPSA) is 55.4 Å². The molecular formula is C29H48O6Si2. The molecule has 0 aromatic carbocycles. The van der Waals surface area contributed by atoms with Gasteiger partial charge in [0.2, 0.25) is 0 Å². The Kier molecular flexibility index (Phi) is 5.49. The van der Waals surface area contributed by atoms with Gasteiger partial charge in [0.25, 0.3) is 0 Å². The summed E-state index contributed by atoms with van der Waals surface area (Å²) in [5.41, 5.74) is -1.31. The molecule has 4 aliphatic carbocycles. The van der Waals surface area contributed by atoms with Gasteiger partial charge < -0.3 is 26.6 Å². The molecule has 8 heteroatoms. The molecule has 37 heavy (non-hydrogen) atoms. The molecule has 8 fully saturated rings. The molecule has 0 aromatic rings. The third kappa shape index (κ3) is 2.66. The Bertz CT molecular complexity index is 953. The maximum atomic E-state index is 7.37. The minimum atomic E-state index is -2.70. The standard InChI is InChI=1S/C29H48O6Si2/c1-4-6-8-10-11-13-15-18-36-30-23-17-16-21-25-22-20-24-27(22)29(25,28(21,34-36)26(23,3)32-36)35-37(31-24,33-27)19-14-12-9-7-5-2/h21-25H,4-20H2,1-3H3. The van der Waals surface area contributed by atoms with Crippen LogP contribution in [-0.2, 0) is 26.6 Å². The van der Waals surface area contributed by atoms with E-state index in [4.69, 9.17) is 26.6 Å². The highest BCUT2D eigenvalue weighted by atomic mass is 28.4. The first-order valence-corrected chi connectivity index (χ1v) is 20.0. The van der Waals surface area contributed by atoms with E-state index in [1.165, 1.54) is 77.0 Å². The quantitative estimate of drug-likeness (QED) is 0.182. The highest BCUT2D eigenvalue weighted by Gasteiger charge is 3.08. The molecule has 4 aliphatic heterocycles. The molecule has 0 amide bonds. The molecule has 0 N–H and O–H groups in total. The van der Waals surface area contributed by atoms with Crippen molar-refractivity contribution in [1.82, 2.24) is 0 Å². The summed E-state index contributed by atoms with van der Waals surface area (Å²) in [4.78, 5) is 0. The molecule has 208 valence electrons. The number of unbranched alkanes of at least 4 members (excludes halogenated alkanes) is 10. The van der Waals surface area contributed by atoms with Gasteiger partial charge >= 0.3 is 17.6 Å². The van der Waals surface area contributed by atoms with E-state index in [9.17, 15) is 0 Å². The Labute approximate surface area is 225 Å². The summed E-state index contributed by atoms with van der Waals surface area (Å²) in [7, 11) is -5.37. The summed E-state index contributed by atoms with van der Waals surface area (Å²) in [6.45, 7) is 6.89. The molecule has 11 atom stereocenters. The smallest absolute Gasteiger partial charge is 0.367 e. The lowest BCUT2D eigenvalue weighted by molar-refractivity contribution is -0.482. The van der Waals surface area contributed by atoms with Crippen LogP contribution in [0.25, 0.3) is 0 Å². The Morgan fingerprint density at radius 2 is 1.22 bits per heavy atom. The zero-order valence-corrected chi connectivity index (χ0v) is 25.4. The van der Waals surface area contributed by atoms with E-state index in [-0.39, 0.29) is 34.6 Å². The van der Waals surface area contributed by atoms with E-state index in [2.05, 4.69) is 20.8 Å². The van der Waals surface area contributed by atoms with Gasteiger partial charge in [0, 0.05) is 23.9 Å². The first kappa shape index (κ1) is 24.9. The molecule has 6 nitrogen and oxygen atoms in total. The van der Waals surface area contributed by atoms with E-state index in [1.807, 2.05) is 0 Å². The normalized spacial score (nSPS) is 56.4. The number of hydrogen-bond donors (Lipinski definition) is 0. The summed E-state index contributed by atoms with van der Waals surface area (Å²) in [6, 6.07) is 1.95. The Morgan fingerprint density at radius 1 is 0.622 bits per heavy atom. The van der Waals surface area contributed by atoms with Crippen molar-refractivity contribution in [2.24, 2.45) is 17.8 Å². The maximum absolute atomic E-state index is 7.37. The van der Waals surface area contributed by atoms with Crippen LogP contribution in [0.15, 0.2) is 0 Å². The molecule has 11 unspecified atom stereocenters. The van der Waals surface area contributed by atoms with Crippen LogP contribution in [0.3, 0.4) is 0 Å². The van der Waals surface area contributed by atoms with Crippen molar-refractivity contribution in [3.05, 3.63) is 0 Å². The second-order valence-electron chi connectivity index (χ2n) is 13.9. The van der Waals surface area contributed by atoms with Gasteiger partial charge in [-0.05, 0) is 44.9 Å². The SMILES string of the molecule is CCCCCCCCC[Si]12OC3CCC4C5C6CC7O[Si]8(CCCCCCC)OC76C5(O8)C4(O1)C3(C)O2. The minimum absolute atomic E-state index is 0.160. The van der Waals surface area contributed by atoms with Gasteiger partial charge in [-0.1, -0.05) is 78.1 Å². The Hall–Kier alpha value is 0.194. The predicted octanol–water partition coefficient (Wildman–Crippen LogP) is 6.52. The largest absolute Gasteiger partial charge is 0.502 e. The van der Waals surface area contributed by atoms with Crippen LogP contribution in [0, 0.1) is 17.8 Å². The van der Waals surface area contributed by atoms with Crippen LogP contribution in [-0.4, -0.2) is 52.2 Å². The lowest BCUT2D eigenvalue weighted by atomic mass is 9.22. The van der Waals surface area contributed by atoms with Crippen LogP contribution in [0.4, 0.5) is 0 Å². The third-order valence-electron chi connectivity index (χ3n) is 12.2. The van der Waals surface area contributed by atoms with E-state index >= 15 is 0 Å². The van der Waals surface area contributed by atoms with Crippen LogP contribution in [0.1, 0.15) is 117 Å². The zero-order valence-electron chi connectivity index (χ0n) is 23.4. The molecule has 4 saturated carbocycles. The van der Waals surface area contributed by atoms with E-state index < -0.39 is 17.6 Å². The summed E-state index contributed by atoms with van der Waals surface area (Å²) in [5, 5.41) is 0. The average molecular weight is 549 g/mol. The fraction of sp³-hybridized carbons (Fsp3) is 1.00. The van der Waals surface area contributed by atoms with Crippen LogP contribution >= 0.6 is 0 Å². The number of rotatable bonds is 14. The number of hydrogen-bond acceptors (Lipinski definition) is 6. The highest BCUT2D eigenvalue weighted by Crippen LogP contribution is 2.91. The predicted molar refractivity (Wildman–Crippen MR) is 143 cm³/mol. The van der Waals surface area contributed by atoms with Crippen molar-refractivity contribution in [3.63, 3.8) is 0 Å². The summed E-state index contributed by atoms with van der Waals surface area (Å²) in [6.07, 6.45) is 19.3. The fourth-order valence-corrected chi connectivity index (χ4v) is 18.5. The third-order valence-corrected chi connectivity index (χ3v) is 18.1. The summed E-state index contributed by atoms with van der Waals surface area (Å²) < 4.78 is 42.4. The van der Waals surface area contributed by atoms with Crippen molar-refractivity contribution < 1.29 is 26.6 Å². The number of fused-ring (bicyclic) bond motifs is 4. The van der Waals surface area contributed by atoms with Gasteiger partial charge in [0.1, 0.15) is 22.4 Å². The fourth-order valence-electron chi connectivity index (χ4n) is 10.9. The molecule has 3 spiro atoms. The molecule has 0 aromatic heterocycles. The van der Waals surface area contributed by atoms with E-state index in [0.717, 1.165) is 31.4 Å². The highest BCUT2D eigenvalue weighted by molar-refractivity contribution is 6.63. The van der Waals surface area contributed by atoms with Gasteiger partial charge in [-0.3, -0.25) is 0 Å².